The van der Waals surface area contributed by atoms with Crippen LogP contribution in [-0.4, -0.2) is 21.0 Å². The van der Waals surface area contributed by atoms with E-state index < -0.39 is 5.97 Å². The van der Waals surface area contributed by atoms with Crippen LogP contribution in [0.15, 0.2) is 22.7 Å². The van der Waals surface area contributed by atoms with E-state index in [9.17, 15) is 9.90 Å². The highest BCUT2D eigenvalue weighted by Crippen LogP contribution is 2.38. The number of hydrogen-bond acceptors (Lipinski definition) is 4. The van der Waals surface area contributed by atoms with E-state index in [1.165, 1.54) is 0 Å². The summed E-state index contributed by atoms with van der Waals surface area (Å²) in [7, 11) is 0. The van der Waals surface area contributed by atoms with Gasteiger partial charge in [-0.15, -0.1) is 0 Å². The number of aliphatic carboxylic acids is 1. The average Bonchev–Trinajstić information content (AvgIpc) is 2.82. The van der Waals surface area contributed by atoms with Gasteiger partial charge in [0.15, 0.2) is 11.2 Å². The Bertz CT molecular complexity index is 545. The minimum absolute atomic E-state index is 0.120. The van der Waals surface area contributed by atoms with Crippen LogP contribution >= 0.6 is 0 Å². The first-order valence-corrected chi connectivity index (χ1v) is 6.20. The molecule has 1 aliphatic carbocycles. The van der Waals surface area contributed by atoms with Crippen molar-refractivity contribution >= 4 is 17.2 Å². The second-order valence-electron chi connectivity index (χ2n) is 4.71. The number of rotatable bonds is 2. The topological polar surface area (TPSA) is 76.2 Å². The number of aromatic nitrogens is 2. The maximum atomic E-state index is 11.3. The molecule has 0 aliphatic heterocycles. The number of carbonyl (C=O) groups is 1. The molecule has 2 heterocycles. The molecule has 2 atom stereocenters. The van der Waals surface area contributed by atoms with Crippen LogP contribution in [0, 0.1) is 5.92 Å². The molecule has 2 unspecified atom stereocenters. The molecular weight excluding hydrogens is 232 g/mol. The minimum atomic E-state index is -0.755. The molecule has 2 aromatic rings. The molecule has 5 nitrogen and oxygen atoms in total. The third-order valence-corrected chi connectivity index (χ3v) is 3.58. The van der Waals surface area contributed by atoms with Crippen LogP contribution in [0.2, 0.25) is 0 Å². The van der Waals surface area contributed by atoms with Gasteiger partial charge in [0, 0.05) is 12.1 Å². The Balaban J connectivity index is 1.98. The fourth-order valence-electron chi connectivity index (χ4n) is 2.67. The molecule has 0 radical (unpaired) electrons. The van der Waals surface area contributed by atoms with Gasteiger partial charge in [0.1, 0.15) is 0 Å². The van der Waals surface area contributed by atoms with Crippen molar-refractivity contribution in [3.05, 3.63) is 24.2 Å². The van der Waals surface area contributed by atoms with Crippen molar-refractivity contribution in [1.29, 1.82) is 0 Å². The molecule has 1 saturated carbocycles. The van der Waals surface area contributed by atoms with Crippen molar-refractivity contribution in [2.75, 3.05) is 0 Å². The highest BCUT2D eigenvalue weighted by molar-refractivity contribution is 5.72. The Hall–Kier alpha value is -1.91. The normalized spacial score (nSPS) is 24.2. The summed E-state index contributed by atoms with van der Waals surface area (Å²) in [5.41, 5.74) is 1.18. The summed E-state index contributed by atoms with van der Waals surface area (Å²) < 4.78 is 5.65. The molecule has 0 spiro atoms. The number of carboxylic acids is 1. The standard InChI is InChI=1S/C13H14N2O3/c16-13(17)9-5-2-1-4-8(9)12-15-11-10(18-12)6-3-7-14-11/h3,6-9H,1-2,4-5H2,(H,16,17). The van der Waals surface area contributed by atoms with Crippen molar-refractivity contribution in [3.63, 3.8) is 0 Å². The summed E-state index contributed by atoms with van der Waals surface area (Å²) in [6.07, 6.45) is 5.17. The lowest BCUT2D eigenvalue weighted by Gasteiger charge is -2.25. The van der Waals surface area contributed by atoms with Crippen LogP contribution in [-0.2, 0) is 4.79 Å². The van der Waals surface area contributed by atoms with E-state index in [0.717, 1.165) is 19.3 Å². The van der Waals surface area contributed by atoms with Crippen molar-refractivity contribution in [2.24, 2.45) is 5.92 Å². The highest BCUT2D eigenvalue weighted by Gasteiger charge is 2.35. The molecule has 0 bridgehead atoms. The zero-order valence-corrected chi connectivity index (χ0v) is 9.87. The van der Waals surface area contributed by atoms with E-state index in [0.29, 0.717) is 23.5 Å². The number of hydrogen-bond donors (Lipinski definition) is 1. The molecule has 94 valence electrons. The predicted molar refractivity (Wildman–Crippen MR) is 64.1 cm³/mol. The molecule has 0 saturated heterocycles. The molecule has 3 rings (SSSR count). The Kier molecular flexibility index (Phi) is 2.74. The largest absolute Gasteiger partial charge is 0.481 e. The number of carboxylic acid groups (broad SMARTS) is 1. The van der Waals surface area contributed by atoms with E-state index in [2.05, 4.69) is 9.97 Å². The molecule has 1 fully saturated rings. The van der Waals surface area contributed by atoms with Crippen molar-refractivity contribution < 1.29 is 14.3 Å². The summed E-state index contributed by atoms with van der Waals surface area (Å²) in [5.74, 6) is -0.733. The van der Waals surface area contributed by atoms with Gasteiger partial charge in [-0.3, -0.25) is 4.79 Å². The van der Waals surface area contributed by atoms with Gasteiger partial charge < -0.3 is 9.52 Å². The maximum absolute atomic E-state index is 11.3. The predicted octanol–water partition coefficient (Wildman–Crippen LogP) is 2.58. The van der Waals surface area contributed by atoms with E-state index in [4.69, 9.17) is 4.42 Å². The van der Waals surface area contributed by atoms with E-state index in [1.54, 1.807) is 18.3 Å². The molecule has 1 aliphatic rings. The van der Waals surface area contributed by atoms with Crippen LogP contribution < -0.4 is 0 Å². The second-order valence-corrected chi connectivity index (χ2v) is 4.71. The highest BCUT2D eigenvalue weighted by atomic mass is 16.4. The molecular formula is C13H14N2O3. The molecule has 18 heavy (non-hydrogen) atoms. The zero-order valence-electron chi connectivity index (χ0n) is 9.87. The molecule has 5 heteroatoms. The number of fused-ring (bicyclic) bond motifs is 1. The van der Waals surface area contributed by atoms with Crippen LogP contribution in [0.5, 0.6) is 0 Å². The van der Waals surface area contributed by atoms with E-state index in [1.807, 2.05) is 0 Å². The van der Waals surface area contributed by atoms with Gasteiger partial charge in [-0.25, -0.2) is 4.98 Å². The van der Waals surface area contributed by atoms with Gasteiger partial charge in [0.25, 0.3) is 0 Å². The summed E-state index contributed by atoms with van der Waals surface area (Å²) in [4.78, 5) is 19.7. The molecule has 1 N–H and O–H groups in total. The average molecular weight is 246 g/mol. The minimum Gasteiger partial charge on any atom is -0.481 e. The van der Waals surface area contributed by atoms with Gasteiger partial charge >= 0.3 is 5.97 Å². The first-order chi connectivity index (χ1) is 8.75. The van der Waals surface area contributed by atoms with Gasteiger partial charge in [0.05, 0.1) is 5.92 Å². The van der Waals surface area contributed by atoms with Crippen molar-refractivity contribution in [3.8, 4) is 0 Å². The molecule has 0 amide bonds. The smallest absolute Gasteiger partial charge is 0.307 e. The third-order valence-electron chi connectivity index (χ3n) is 3.58. The zero-order chi connectivity index (χ0) is 12.5. The lowest BCUT2D eigenvalue weighted by atomic mass is 9.79. The molecule has 0 aromatic carbocycles. The Morgan fingerprint density at radius 3 is 3.00 bits per heavy atom. The summed E-state index contributed by atoms with van der Waals surface area (Å²) in [5, 5.41) is 9.26. The molecule has 2 aromatic heterocycles. The fraction of sp³-hybridized carbons (Fsp3) is 0.462. The van der Waals surface area contributed by atoms with E-state index in [-0.39, 0.29) is 11.8 Å². The second kappa shape index (κ2) is 4.40. The maximum Gasteiger partial charge on any atom is 0.307 e. The van der Waals surface area contributed by atoms with Crippen LogP contribution in [0.4, 0.5) is 0 Å². The SMILES string of the molecule is O=C(O)C1CCCCC1c1nc2ncccc2o1. The summed E-state index contributed by atoms with van der Waals surface area (Å²) in [6, 6.07) is 3.59. The van der Waals surface area contributed by atoms with E-state index >= 15 is 0 Å². The number of nitrogens with zero attached hydrogens (tertiary/aromatic N) is 2. The Labute approximate surface area is 104 Å². The van der Waals surface area contributed by atoms with Gasteiger partial charge in [-0.1, -0.05) is 12.8 Å². The Morgan fingerprint density at radius 2 is 2.22 bits per heavy atom. The van der Waals surface area contributed by atoms with Crippen molar-refractivity contribution in [1.82, 2.24) is 9.97 Å². The quantitative estimate of drug-likeness (QED) is 0.881. The van der Waals surface area contributed by atoms with Crippen LogP contribution in [0.1, 0.15) is 37.5 Å². The number of oxazole rings is 1. The lowest BCUT2D eigenvalue weighted by molar-refractivity contribution is -0.143. The first-order valence-electron chi connectivity index (χ1n) is 6.20. The lowest BCUT2D eigenvalue weighted by Crippen LogP contribution is -2.25. The van der Waals surface area contributed by atoms with Crippen LogP contribution in [0.25, 0.3) is 11.2 Å². The van der Waals surface area contributed by atoms with Crippen LogP contribution in [0.3, 0.4) is 0 Å². The summed E-state index contributed by atoms with van der Waals surface area (Å²) in [6.45, 7) is 0. The van der Waals surface area contributed by atoms with Gasteiger partial charge in [-0.2, -0.15) is 4.98 Å². The van der Waals surface area contributed by atoms with Crippen molar-refractivity contribution in [2.45, 2.75) is 31.6 Å². The third kappa shape index (κ3) is 1.85. The number of pyridine rings is 1. The fourth-order valence-corrected chi connectivity index (χ4v) is 2.67. The van der Waals surface area contributed by atoms with Gasteiger partial charge in [0.2, 0.25) is 5.89 Å². The Morgan fingerprint density at radius 1 is 1.39 bits per heavy atom. The first kappa shape index (κ1) is 11.2. The van der Waals surface area contributed by atoms with Gasteiger partial charge in [-0.05, 0) is 25.0 Å². The summed E-state index contributed by atoms with van der Waals surface area (Å²) >= 11 is 0. The monoisotopic (exact) mass is 246 g/mol.